The van der Waals surface area contributed by atoms with Gasteiger partial charge < -0.3 is 10.2 Å². The summed E-state index contributed by atoms with van der Waals surface area (Å²) in [6, 6.07) is 17.9. The van der Waals surface area contributed by atoms with Crippen LogP contribution in [-0.4, -0.2) is 35.6 Å². The van der Waals surface area contributed by atoms with E-state index in [4.69, 9.17) is 0 Å². The van der Waals surface area contributed by atoms with E-state index < -0.39 is 0 Å². The van der Waals surface area contributed by atoms with Gasteiger partial charge in [-0.3, -0.25) is 9.79 Å². The van der Waals surface area contributed by atoms with E-state index in [0.29, 0.717) is 12.1 Å². The maximum absolute atomic E-state index is 12.3. The van der Waals surface area contributed by atoms with Crippen molar-refractivity contribution in [3.8, 4) is 11.1 Å². The quantitative estimate of drug-likeness (QED) is 0.894. The van der Waals surface area contributed by atoms with Crippen LogP contribution in [0.2, 0.25) is 0 Å². The van der Waals surface area contributed by atoms with E-state index >= 15 is 0 Å². The molecule has 25 heavy (non-hydrogen) atoms. The Balaban J connectivity index is 1.32. The zero-order chi connectivity index (χ0) is 17.1. The molecule has 1 amide bonds. The first-order valence-corrected chi connectivity index (χ1v) is 9.30. The van der Waals surface area contributed by atoms with Gasteiger partial charge in [-0.2, -0.15) is 0 Å². The highest BCUT2D eigenvalue weighted by Gasteiger charge is 2.25. The number of nitrogens with zero attached hydrogens (tertiary/aromatic N) is 2. The van der Waals surface area contributed by atoms with Crippen LogP contribution in [-0.2, 0) is 0 Å². The predicted molar refractivity (Wildman–Crippen MR) is 104 cm³/mol. The van der Waals surface area contributed by atoms with Crippen LogP contribution in [0, 0.1) is 0 Å². The maximum atomic E-state index is 12.3. The number of amidine groups is 1. The molecule has 0 spiro atoms. The van der Waals surface area contributed by atoms with Gasteiger partial charge in [0.2, 0.25) is 0 Å². The molecule has 0 aromatic heterocycles. The van der Waals surface area contributed by atoms with E-state index in [9.17, 15) is 4.79 Å². The molecular weight excluding hydrogens is 330 g/mol. The van der Waals surface area contributed by atoms with Crippen molar-refractivity contribution < 1.29 is 4.79 Å². The number of fused-ring (bicyclic) bond motifs is 1. The van der Waals surface area contributed by atoms with E-state index in [1.165, 1.54) is 5.70 Å². The summed E-state index contributed by atoms with van der Waals surface area (Å²) in [7, 11) is 0. The lowest BCUT2D eigenvalue weighted by Crippen LogP contribution is -2.27. The van der Waals surface area contributed by atoms with E-state index in [1.807, 2.05) is 42.5 Å². The Morgan fingerprint density at radius 1 is 1.08 bits per heavy atom. The normalized spacial score (nSPS) is 15.6. The Hall–Kier alpha value is -2.53. The molecule has 4 rings (SSSR count). The van der Waals surface area contributed by atoms with Gasteiger partial charge in [-0.15, -0.1) is 0 Å². The van der Waals surface area contributed by atoms with Crippen LogP contribution in [0.1, 0.15) is 16.8 Å². The first kappa shape index (κ1) is 16.0. The van der Waals surface area contributed by atoms with Crippen molar-refractivity contribution in [1.82, 2.24) is 10.2 Å². The Labute approximate surface area is 151 Å². The Morgan fingerprint density at radius 2 is 1.84 bits per heavy atom. The van der Waals surface area contributed by atoms with Crippen LogP contribution in [0.25, 0.3) is 11.1 Å². The predicted octanol–water partition coefficient (Wildman–Crippen LogP) is 3.73. The zero-order valence-corrected chi connectivity index (χ0v) is 14.6. The van der Waals surface area contributed by atoms with Gasteiger partial charge in [-0.1, -0.05) is 54.2 Å². The fourth-order valence-corrected chi connectivity index (χ4v) is 4.01. The van der Waals surface area contributed by atoms with Crippen molar-refractivity contribution in [2.24, 2.45) is 4.99 Å². The summed E-state index contributed by atoms with van der Waals surface area (Å²) in [6.07, 6.45) is 0.833. The van der Waals surface area contributed by atoms with Crippen molar-refractivity contribution in [3.05, 3.63) is 71.3 Å². The summed E-state index contributed by atoms with van der Waals surface area (Å²) in [5, 5.41) is 6.24. The molecular formula is C20H19N3OS. The molecule has 0 fully saturated rings. The average Bonchev–Trinajstić information content (AvgIpc) is 3.27. The van der Waals surface area contributed by atoms with Crippen LogP contribution in [0.5, 0.6) is 0 Å². The fraction of sp³-hybridized carbons (Fsp3) is 0.200. The number of thioether (sulfide) groups is 1. The second kappa shape index (κ2) is 7.15. The summed E-state index contributed by atoms with van der Waals surface area (Å²) in [4.78, 5) is 19.0. The standard InChI is InChI=1S/C20H19N3OS/c24-19(21-11-10-18-14-25-20-22-12-13-23(18)20)17-8-6-16(7-9-17)15-4-2-1-3-5-15/h1-9,14H,10-13H2,(H,21,24). The third-order valence-electron chi connectivity index (χ3n) is 4.37. The highest BCUT2D eigenvalue weighted by atomic mass is 32.2. The minimum Gasteiger partial charge on any atom is -0.352 e. The number of aliphatic imine (C=N–C) groups is 1. The Morgan fingerprint density at radius 3 is 2.64 bits per heavy atom. The van der Waals surface area contributed by atoms with Crippen molar-refractivity contribution in [3.63, 3.8) is 0 Å². The van der Waals surface area contributed by atoms with E-state index in [-0.39, 0.29) is 5.91 Å². The number of amides is 1. The molecule has 2 heterocycles. The number of nitrogens with one attached hydrogen (secondary N) is 1. The molecule has 0 aliphatic carbocycles. The summed E-state index contributed by atoms with van der Waals surface area (Å²) in [5.74, 6) is -0.0267. The highest BCUT2D eigenvalue weighted by molar-refractivity contribution is 8.16. The third kappa shape index (κ3) is 3.46. The molecule has 0 saturated carbocycles. The number of rotatable bonds is 5. The minimum atomic E-state index is -0.0267. The SMILES string of the molecule is O=C(NCCC1=CSC2=NCCN12)c1ccc(-c2ccccc2)cc1. The molecule has 0 unspecified atom stereocenters. The molecule has 2 aromatic rings. The molecule has 0 atom stereocenters. The summed E-state index contributed by atoms with van der Waals surface area (Å²) in [6.45, 7) is 2.47. The first-order chi connectivity index (χ1) is 12.3. The monoisotopic (exact) mass is 349 g/mol. The highest BCUT2D eigenvalue weighted by Crippen LogP contribution is 2.30. The second-order valence-electron chi connectivity index (χ2n) is 5.99. The van der Waals surface area contributed by atoms with E-state index in [0.717, 1.165) is 35.8 Å². The van der Waals surface area contributed by atoms with Crippen molar-refractivity contribution >= 4 is 22.8 Å². The maximum Gasteiger partial charge on any atom is 0.251 e. The fourth-order valence-electron chi connectivity index (χ4n) is 3.02. The second-order valence-corrected chi connectivity index (χ2v) is 6.83. The molecule has 1 N–H and O–H groups in total. The molecule has 4 nitrogen and oxygen atoms in total. The summed E-state index contributed by atoms with van der Waals surface area (Å²) < 4.78 is 0. The van der Waals surface area contributed by atoms with Crippen LogP contribution in [0.15, 0.2) is 70.7 Å². The van der Waals surface area contributed by atoms with Crippen molar-refractivity contribution in [2.75, 3.05) is 19.6 Å². The van der Waals surface area contributed by atoms with Gasteiger partial charge in [-0.25, -0.2) is 0 Å². The van der Waals surface area contributed by atoms with Crippen molar-refractivity contribution in [2.45, 2.75) is 6.42 Å². The van der Waals surface area contributed by atoms with Gasteiger partial charge in [0.05, 0.1) is 6.54 Å². The minimum absolute atomic E-state index is 0.0267. The Kier molecular flexibility index (Phi) is 4.57. The molecule has 126 valence electrons. The number of carbonyl (C=O) groups excluding carboxylic acids is 1. The molecule has 2 aliphatic rings. The molecule has 0 saturated heterocycles. The van der Waals surface area contributed by atoms with Crippen molar-refractivity contribution in [1.29, 1.82) is 0 Å². The Bertz CT molecular complexity index is 828. The number of carbonyl (C=O) groups is 1. The molecule has 2 aliphatic heterocycles. The number of hydrogen-bond donors (Lipinski definition) is 1. The number of hydrogen-bond acceptors (Lipinski definition) is 4. The molecule has 5 heteroatoms. The number of benzene rings is 2. The molecule has 0 bridgehead atoms. The topological polar surface area (TPSA) is 44.7 Å². The lowest BCUT2D eigenvalue weighted by Gasteiger charge is -2.16. The molecule has 0 radical (unpaired) electrons. The van der Waals surface area contributed by atoms with E-state index in [2.05, 4.69) is 32.7 Å². The summed E-state index contributed by atoms with van der Waals surface area (Å²) >= 11 is 1.68. The van der Waals surface area contributed by atoms with Crippen LogP contribution in [0.3, 0.4) is 0 Å². The van der Waals surface area contributed by atoms with Gasteiger partial charge in [0, 0.05) is 30.8 Å². The van der Waals surface area contributed by atoms with Gasteiger partial charge in [0.1, 0.15) is 0 Å². The van der Waals surface area contributed by atoms with Gasteiger partial charge in [0.15, 0.2) is 5.17 Å². The lowest BCUT2D eigenvalue weighted by atomic mass is 10.0. The van der Waals surface area contributed by atoms with E-state index in [1.54, 1.807) is 11.8 Å². The summed E-state index contributed by atoms with van der Waals surface area (Å²) in [5.41, 5.74) is 4.22. The van der Waals surface area contributed by atoms with Gasteiger partial charge >= 0.3 is 0 Å². The lowest BCUT2D eigenvalue weighted by molar-refractivity contribution is 0.0954. The largest absolute Gasteiger partial charge is 0.352 e. The molecule has 2 aromatic carbocycles. The van der Waals surface area contributed by atoms with Crippen LogP contribution >= 0.6 is 11.8 Å². The zero-order valence-electron chi connectivity index (χ0n) is 13.8. The average molecular weight is 349 g/mol. The first-order valence-electron chi connectivity index (χ1n) is 8.43. The van der Waals surface area contributed by atoms with Crippen LogP contribution < -0.4 is 5.32 Å². The van der Waals surface area contributed by atoms with Gasteiger partial charge in [0.25, 0.3) is 5.91 Å². The smallest absolute Gasteiger partial charge is 0.251 e. The third-order valence-corrected chi connectivity index (χ3v) is 5.32. The van der Waals surface area contributed by atoms with Gasteiger partial charge in [-0.05, 0) is 28.7 Å². The van der Waals surface area contributed by atoms with Crippen LogP contribution in [0.4, 0.5) is 0 Å².